The molecule has 4 heterocycles. The lowest BCUT2D eigenvalue weighted by atomic mass is 10.1. The fourth-order valence-electron chi connectivity index (χ4n) is 4.86. The number of fused-ring (bicyclic) bond motifs is 1. The summed E-state index contributed by atoms with van der Waals surface area (Å²) in [6.07, 6.45) is 10.7. The van der Waals surface area contributed by atoms with Crippen molar-refractivity contribution in [1.82, 2.24) is 25.3 Å². The number of sulfone groups is 1. The molecule has 3 aliphatic rings. The molecule has 11 heteroatoms. The fraction of sp³-hybridized carbons (Fsp3) is 0.480. The smallest absolute Gasteiger partial charge is 0.228 e. The van der Waals surface area contributed by atoms with E-state index in [4.69, 9.17) is 9.97 Å². The van der Waals surface area contributed by atoms with E-state index in [9.17, 15) is 13.2 Å². The van der Waals surface area contributed by atoms with Crippen molar-refractivity contribution in [3.05, 3.63) is 36.3 Å². The van der Waals surface area contributed by atoms with Crippen molar-refractivity contribution in [1.29, 1.82) is 0 Å². The standard InChI is InChI=1S/C25H29N7O3S/c1-36(34,35)14-18-13-32(9-8-27-18)24-22-19(15-2-3-15)11-26-12-20(22)29-23(31-24)17-6-7-28-21(10-17)30-25(33)16-4-5-16/h6-7,10-12,15-16,18,27H,2-5,8-9,13-14H2,1H3,(H,28,30,33)/t18-/m1/s1. The number of anilines is 2. The average Bonchev–Trinajstić information content (AvgIpc) is 3.75. The quantitative estimate of drug-likeness (QED) is 0.494. The van der Waals surface area contributed by atoms with E-state index in [0.29, 0.717) is 37.2 Å². The number of piperazine rings is 1. The van der Waals surface area contributed by atoms with Crippen molar-refractivity contribution >= 4 is 38.3 Å². The summed E-state index contributed by atoms with van der Waals surface area (Å²) in [5, 5.41) is 7.22. The van der Waals surface area contributed by atoms with Crippen molar-refractivity contribution in [2.75, 3.05) is 41.9 Å². The van der Waals surface area contributed by atoms with Crippen LogP contribution >= 0.6 is 0 Å². The van der Waals surface area contributed by atoms with Gasteiger partial charge >= 0.3 is 0 Å². The monoisotopic (exact) mass is 507 g/mol. The Morgan fingerprint density at radius 3 is 2.78 bits per heavy atom. The van der Waals surface area contributed by atoms with Crippen LogP contribution in [0.25, 0.3) is 22.3 Å². The molecule has 3 aromatic rings. The van der Waals surface area contributed by atoms with Gasteiger partial charge in [0.1, 0.15) is 21.5 Å². The highest BCUT2D eigenvalue weighted by Gasteiger charge is 2.32. The predicted molar refractivity (Wildman–Crippen MR) is 138 cm³/mol. The summed E-state index contributed by atoms with van der Waals surface area (Å²) in [6.45, 7) is 1.90. The van der Waals surface area contributed by atoms with E-state index in [-0.39, 0.29) is 23.6 Å². The number of nitrogens with zero attached hydrogens (tertiary/aromatic N) is 5. The Hall–Kier alpha value is -3.18. The molecule has 0 bridgehead atoms. The number of rotatable bonds is 7. The van der Waals surface area contributed by atoms with Gasteiger partial charge in [0.25, 0.3) is 0 Å². The van der Waals surface area contributed by atoms with Gasteiger partial charge in [-0.25, -0.2) is 23.4 Å². The van der Waals surface area contributed by atoms with Crippen molar-refractivity contribution in [2.24, 2.45) is 5.92 Å². The Labute approximate surface area is 209 Å². The summed E-state index contributed by atoms with van der Waals surface area (Å²) >= 11 is 0. The van der Waals surface area contributed by atoms with Gasteiger partial charge in [-0.15, -0.1) is 0 Å². The van der Waals surface area contributed by atoms with Crippen LogP contribution in [0.3, 0.4) is 0 Å². The van der Waals surface area contributed by atoms with Crippen LogP contribution in [0, 0.1) is 5.92 Å². The first kappa shape index (κ1) is 23.2. The number of aromatic nitrogens is 4. The van der Waals surface area contributed by atoms with Gasteiger partial charge in [0, 0.05) is 61.2 Å². The highest BCUT2D eigenvalue weighted by atomic mass is 32.2. The number of carbonyl (C=O) groups is 1. The molecule has 36 heavy (non-hydrogen) atoms. The number of carbonyl (C=O) groups excluding carboxylic acids is 1. The summed E-state index contributed by atoms with van der Waals surface area (Å²) in [5.41, 5.74) is 2.66. The summed E-state index contributed by atoms with van der Waals surface area (Å²) in [6, 6.07) is 3.45. The van der Waals surface area contributed by atoms with E-state index in [1.165, 1.54) is 6.26 Å². The van der Waals surface area contributed by atoms with E-state index in [0.717, 1.165) is 53.5 Å². The van der Waals surface area contributed by atoms with E-state index in [1.54, 1.807) is 18.5 Å². The zero-order valence-electron chi connectivity index (χ0n) is 20.1. The molecule has 0 radical (unpaired) electrons. The molecule has 1 amide bonds. The van der Waals surface area contributed by atoms with Crippen LogP contribution in [-0.4, -0.2) is 71.9 Å². The molecule has 2 N–H and O–H groups in total. The molecule has 2 saturated carbocycles. The van der Waals surface area contributed by atoms with Crippen LogP contribution in [0.5, 0.6) is 0 Å². The van der Waals surface area contributed by atoms with Gasteiger partial charge in [0.15, 0.2) is 5.82 Å². The number of nitrogens with one attached hydrogen (secondary N) is 2. The summed E-state index contributed by atoms with van der Waals surface area (Å²) in [4.78, 5) is 33.1. The van der Waals surface area contributed by atoms with Crippen LogP contribution in [0.1, 0.15) is 37.2 Å². The summed E-state index contributed by atoms with van der Waals surface area (Å²) < 4.78 is 23.9. The second-order valence-corrected chi connectivity index (χ2v) is 12.3. The van der Waals surface area contributed by atoms with Gasteiger partial charge in [-0.2, -0.15) is 0 Å². The minimum atomic E-state index is -3.12. The van der Waals surface area contributed by atoms with E-state index < -0.39 is 9.84 Å². The first-order valence-corrected chi connectivity index (χ1v) is 14.5. The van der Waals surface area contributed by atoms with Crippen LogP contribution < -0.4 is 15.5 Å². The number of hydrogen-bond acceptors (Lipinski definition) is 9. The number of pyridine rings is 2. The molecule has 10 nitrogen and oxygen atoms in total. The van der Waals surface area contributed by atoms with E-state index in [2.05, 4.69) is 25.5 Å². The second-order valence-electron chi connectivity index (χ2n) is 10.2. The molecule has 0 aromatic carbocycles. The second kappa shape index (κ2) is 9.04. The van der Waals surface area contributed by atoms with Gasteiger partial charge in [-0.1, -0.05) is 0 Å². The first-order chi connectivity index (χ1) is 17.3. The lowest BCUT2D eigenvalue weighted by Gasteiger charge is -2.35. The lowest BCUT2D eigenvalue weighted by molar-refractivity contribution is -0.117. The zero-order valence-corrected chi connectivity index (χ0v) is 21.0. The average molecular weight is 508 g/mol. The van der Waals surface area contributed by atoms with Gasteiger partial charge in [-0.05, 0) is 49.3 Å². The molecule has 188 valence electrons. The van der Waals surface area contributed by atoms with Crippen molar-refractivity contribution in [2.45, 2.75) is 37.6 Å². The molecule has 0 spiro atoms. The topological polar surface area (TPSA) is 130 Å². The van der Waals surface area contributed by atoms with E-state index in [1.807, 2.05) is 12.3 Å². The van der Waals surface area contributed by atoms with Gasteiger partial charge in [0.2, 0.25) is 5.91 Å². The maximum Gasteiger partial charge on any atom is 0.228 e. The van der Waals surface area contributed by atoms with Crippen LogP contribution in [0.15, 0.2) is 30.7 Å². The Morgan fingerprint density at radius 1 is 1.19 bits per heavy atom. The molecular formula is C25H29N7O3S. The number of hydrogen-bond donors (Lipinski definition) is 2. The molecule has 1 aliphatic heterocycles. The highest BCUT2D eigenvalue weighted by molar-refractivity contribution is 7.90. The van der Waals surface area contributed by atoms with E-state index >= 15 is 0 Å². The molecule has 6 rings (SSSR count). The lowest BCUT2D eigenvalue weighted by Crippen LogP contribution is -2.53. The molecule has 0 unspecified atom stereocenters. The Bertz CT molecular complexity index is 1440. The van der Waals surface area contributed by atoms with Crippen molar-refractivity contribution < 1.29 is 13.2 Å². The SMILES string of the molecule is CS(=O)(=O)C[C@H]1CN(c2nc(-c3ccnc(NC(=O)C4CC4)c3)nc3cncc(C4CC4)c23)CCN1. The van der Waals surface area contributed by atoms with Crippen LogP contribution in [0.4, 0.5) is 11.6 Å². The zero-order chi connectivity index (χ0) is 24.9. The van der Waals surface area contributed by atoms with Gasteiger partial charge in [-0.3, -0.25) is 9.78 Å². The maximum atomic E-state index is 12.2. The highest BCUT2D eigenvalue weighted by Crippen LogP contribution is 2.45. The molecule has 1 saturated heterocycles. The molecule has 3 aromatic heterocycles. The third kappa shape index (κ3) is 5.03. The molecule has 2 aliphatic carbocycles. The minimum absolute atomic E-state index is 0.00391. The van der Waals surface area contributed by atoms with Gasteiger partial charge in [0.05, 0.1) is 17.5 Å². The Morgan fingerprint density at radius 2 is 2.03 bits per heavy atom. The third-order valence-corrected chi connectivity index (χ3v) is 7.92. The number of amides is 1. The molecular weight excluding hydrogens is 478 g/mol. The molecule has 1 atom stereocenters. The first-order valence-electron chi connectivity index (χ1n) is 12.4. The fourth-order valence-corrected chi connectivity index (χ4v) is 5.81. The minimum Gasteiger partial charge on any atom is -0.353 e. The van der Waals surface area contributed by atoms with Gasteiger partial charge < -0.3 is 15.5 Å². The Balaban J connectivity index is 1.41. The maximum absolute atomic E-state index is 12.2. The van der Waals surface area contributed by atoms with Crippen LogP contribution in [-0.2, 0) is 14.6 Å². The third-order valence-electron chi connectivity index (χ3n) is 6.91. The normalized spacial score (nSPS) is 20.5. The van der Waals surface area contributed by atoms with Crippen LogP contribution in [0.2, 0.25) is 0 Å². The Kier molecular flexibility index (Phi) is 5.83. The summed E-state index contributed by atoms with van der Waals surface area (Å²) in [5.74, 6) is 2.41. The molecule has 3 fully saturated rings. The summed E-state index contributed by atoms with van der Waals surface area (Å²) in [7, 11) is -3.12. The van der Waals surface area contributed by atoms with Crippen molar-refractivity contribution in [3.63, 3.8) is 0 Å². The predicted octanol–water partition coefficient (Wildman–Crippen LogP) is 2.14. The largest absolute Gasteiger partial charge is 0.353 e. The van der Waals surface area contributed by atoms with Crippen molar-refractivity contribution in [3.8, 4) is 11.4 Å².